The van der Waals surface area contributed by atoms with Gasteiger partial charge in [0.05, 0.1) is 15.0 Å². The molecule has 2 N–H and O–H groups in total. The van der Waals surface area contributed by atoms with E-state index >= 15 is 0 Å². The summed E-state index contributed by atoms with van der Waals surface area (Å²) in [6.07, 6.45) is 1.51. The number of amides is 1. The van der Waals surface area contributed by atoms with Crippen LogP contribution in [-0.4, -0.2) is 34.7 Å². The van der Waals surface area contributed by atoms with Gasteiger partial charge < -0.3 is 10.4 Å². The Morgan fingerprint density at radius 3 is 2.82 bits per heavy atom. The molecule has 17 heavy (non-hydrogen) atoms. The Kier molecular flexibility index (Phi) is 4.52. The van der Waals surface area contributed by atoms with Crippen molar-refractivity contribution in [1.29, 1.82) is 0 Å². The maximum Gasteiger partial charge on any atom is 0.252 e. The van der Waals surface area contributed by atoms with Gasteiger partial charge in [-0.15, -0.1) is 11.3 Å². The molecule has 0 aliphatic carbocycles. The predicted octanol–water partition coefficient (Wildman–Crippen LogP) is 2.50. The van der Waals surface area contributed by atoms with Crippen molar-refractivity contribution in [3.63, 3.8) is 0 Å². The van der Waals surface area contributed by atoms with Gasteiger partial charge in [0.2, 0.25) is 0 Å². The molecule has 1 aliphatic rings. The van der Waals surface area contributed by atoms with Gasteiger partial charge in [0.15, 0.2) is 0 Å². The van der Waals surface area contributed by atoms with E-state index in [2.05, 4.69) is 21.2 Å². The Morgan fingerprint density at radius 1 is 1.53 bits per heavy atom. The van der Waals surface area contributed by atoms with Gasteiger partial charge in [0.25, 0.3) is 5.91 Å². The van der Waals surface area contributed by atoms with Gasteiger partial charge in [0.1, 0.15) is 0 Å². The topological polar surface area (TPSA) is 49.3 Å². The van der Waals surface area contributed by atoms with Crippen LogP contribution >= 0.6 is 39.0 Å². The van der Waals surface area contributed by atoms with Crippen molar-refractivity contribution in [1.82, 2.24) is 5.32 Å². The van der Waals surface area contributed by atoms with Crippen molar-refractivity contribution in [2.45, 2.75) is 18.4 Å². The minimum atomic E-state index is -0.714. The third-order valence-corrected chi connectivity index (χ3v) is 5.32. The fourth-order valence-electron chi connectivity index (χ4n) is 1.70. The van der Waals surface area contributed by atoms with E-state index < -0.39 is 5.60 Å². The molecule has 0 aromatic carbocycles. The molecule has 94 valence electrons. The summed E-state index contributed by atoms with van der Waals surface area (Å²) in [5.41, 5.74) is -0.0654. The van der Waals surface area contributed by atoms with Gasteiger partial charge in [-0.2, -0.15) is 11.8 Å². The van der Waals surface area contributed by atoms with Crippen LogP contribution in [0.3, 0.4) is 0 Å². The molecule has 1 aromatic rings. The molecule has 1 amide bonds. The highest BCUT2D eigenvalue weighted by molar-refractivity contribution is 9.11. The molecular formula is C11H14BrNO2S2. The lowest BCUT2D eigenvalue weighted by Gasteiger charge is -2.31. The summed E-state index contributed by atoms with van der Waals surface area (Å²) in [5.74, 6) is 1.82. The van der Waals surface area contributed by atoms with E-state index in [0.29, 0.717) is 12.1 Å². The average molecular weight is 336 g/mol. The first-order valence-corrected chi connectivity index (χ1v) is 8.24. The summed E-state index contributed by atoms with van der Waals surface area (Å²) in [5, 5.41) is 14.9. The van der Waals surface area contributed by atoms with Crippen LogP contribution in [0.5, 0.6) is 0 Å². The molecule has 0 bridgehead atoms. The number of hydrogen-bond acceptors (Lipinski definition) is 4. The quantitative estimate of drug-likeness (QED) is 0.892. The number of carbonyl (C=O) groups excluding carboxylic acids is 1. The fraction of sp³-hybridized carbons (Fsp3) is 0.545. The largest absolute Gasteiger partial charge is 0.388 e. The Labute approximate surface area is 117 Å². The smallest absolute Gasteiger partial charge is 0.252 e. The Morgan fingerprint density at radius 2 is 2.24 bits per heavy atom. The van der Waals surface area contributed by atoms with E-state index in [9.17, 15) is 9.90 Å². The molecule has 6 heteroatoms. The first kappa shape index (κ1) is 13.4. The molecule has 1 fully saturated rings. The summed E-state index contributed by atoms with van der Waals surface area (Å²) in [7, 11) is 0. The SMILES string of the molecule is O=C(NCC1(O)CCSCC1)c1csc(Br)c1. The summed E-state index contributed by atoms with van der Waals surface area (Å²) in [6.45, 7) is 0.347. The lowest BCUT2D eigenvalue weighted by molar-refractivity contribution is 0.0311. The zero-order chi connectivity index (χ0) is 12.3. The van der Waals surface area contributed by atoms with Gasteiger partial charge in [-0.05, 0) is 46.3 Å². The lowest BCUT2D eigenvalue weighted by atomic mass is 9.97. The molecular weight excluding hydrogens is 322 g/mol. The molecule has 2 rings (SSSR count). The van der Waals surface area contributed by atoms with Gasteiger partial charge in [0, 0.05) is 11.9 Å². The van der Waals surface area contributed by atoms with Crippen LogP contribution in [0.4, 0.5) is 0 Å². The number of halogens is 1. The molecule has 1 aromatic heterocycles. The number of aliphatic hydroxyl groups is 1. The Bertz CT molecular complexity index is 402. The van der Waals surface area contributed by atoms with Crippen molar-refractivity contribution in [2.75, 3.05) is 18.1 Å². The van der Waals surface area contributed by atoms with Crippen molar-refractivity contribution >= 4 is 44.9 Å². The molecule has 2 heterocycles. The number of rotatable bonds is 3. The van der Waals surface area contributed by atoms with Crippen LogP contribution in [0.15, 0.2) is 15.2 Å². The predicted molar refractivity (Wildman–Crippen MR) is 75.9 cm³/mol. The zero-order valence-electron chi connectivity index (χ0n) is 9.24. The summed E-state index contributed by atoms with van der Waals surface area (Å²) >= 11 is 6.66. The van der Waals surface area contributed by atoms with Crippen molar-refractivity contribution in [3.8, 4) is 0 Å². The number of thioether (sulfide) groups is 1. The van der Waals surface area contributed by atoms with Crippen LogP contribution in [0.2, 0.25) is 0 Å². The zero-order valence-corrected chi connectivity index (χ0v) is 12.5. The fourth-order valence-corrected chi connectivity index (χ4v) is 4.09. The second kappa shape index (κ2) is 5.73. The standard InChI is InChI=1S/C11H14BrNO2S2/c12-9-5-8(6-17-9)10(14)13-7-11(15)1-3-16-4-2-11/h5-6,15H,1-4,7H2,(H,13,14). The third kappa shape index (κ3) is 3.71. The highest BCUT2D eigenvalue weighted by atomic mass is 79.9. The Balaban J connectivity index is 1.87. The normalized spacial score (nSPS) is 18.9. The first-order valence-electron chi connectivity index (χ1n) is 5.41. The monoisotopic (exact) mass is 335 g/mol. The molecule has 0 saturated carbocycles. The maximum atomic E-state index is 11.8. The van der Waals surface area contributed by atoms with Gasteiger partial charge in [-0.25, -0.2) is 0 Å². The van der Waals surface area contributed by atoms with Gasteiger partial charge >= 0.3 is 0 Å². The van der Waals surface area contributed by atoms with Crippen molar-refractivity contribution < 1.29 is 9.90 Å². The molecule has 0 atom stereocenters. The third-order valence-electron chi connectivity index (χ3n) is 2.83. The second-order valence-electron chi connectivity index (χ2n) is 4.16. The van der Waals surface area contributed by atoms with Crippen molar-refractivity contribution in [3.05, 3.63) is 20.8 Å². The highest BCUT2D eigenvalue weighted by Gasteiger charge is 2.29. The summed E-state index contributed by atoms with van der Waals surface area (Å²) in [4.78, 5) is 11.8. The van der Waals surface area contributed by atoms with E-state index in [0.717, 1.165) is 28.1 Å². The Hall–Kier alpha value is -0.0400. The average Bonchev–Trinajstić information content (AvgIpc) is 2.74. The molecule has 3 nitrogen and oxygen atoms in total. The highest BCUT2D eigenvalue weighted by Crippen LogP contribution is 2.26. The van der Waals surface area contributed by atoms with E-state index in [4.69, 9.17) is 0 Å². The molecule has 0 unspecified atom stereocenters. The summed E-state index contributed by atoms with van der Waals surface area (Å²) < 4.78 is 0.940. The number of nitrogens with one attached hydrogen (secondary N) is 1. The van der Waals surface area contributed by atoms with Crippen LogP contribution in [0, 0.1) is 0 Å². The van der Waals surface area contributed by atoms with Gasteiger partial charge in [-0.3, -0.25) is 4.79 Å². The minimum absolute atomic E-state index is 0.112. The maximum absolute atomic E-state index is 11.8. The first-order chi connectivity index (χ1) is 8.09. The van der Waals surface area contributed by atoms with Crippen LogP contribution in [-0.2, 0) is 0 Å². The second-order valence-corrected chi connectivity index (χ2v) is 7.67. The molecule has 1 saturated heterocycles. The van der Waals surface area contributed by atoms with Gasteiger partial charge in [-0.1, -0.05) is 0 Å². The molecule has 1 aliphatic heterocycles. The van der Waals surface area contributed by atoms with E-state index in [1.54, 1.807) is 11.4 Å². The van der Waals surface area contributed by atoms with Crippen molar-refractivity contribution in [2.24, 2.45) is 0 Å². The van der Waals surface area contributed by atoms with E-state index in [1.807, 2.05) is 11.8 Å². The number of hydrogen-bond donors (Lipinski definition) is 2. The molecule has 0 spiro atoms. The number of carbonyl (C=O) groups is 1. The number of thiophene rings is 1. The summed E-state index contributed by atoms with van der Waals surface area (Å²) in [6, 6.07) is 1.79. The molecule has 0 radical (unpaired) electrons. The van der Waals surface area contributed by atoms with E-state index in [1.165, 1.54) is 11.3 Å². The van der Waals surface area contributed by atoms with E-state index in [-0.39, 0.29) is 5.91 Å². The lowest BCUT2D eigenvalue weighted by Crippen LogP contribution is -2.45. The van der Waals surface area contributed by atoms with Crippen LogP contribution in [0.1, 0.15) is 23.2 Å². The minimum Gasteiger partial charge on any atom is -0.388 e. The van der Waals surface area contributed by atoms with Crippen LogP contribution in [0.25, 0.3) is 0 Å². The van der Waals surface area contributed by atoms with Crippen LogP contribution < -0.4 is 5.32 Å².